The average molecular weight is 388 g/mol. The van der Waals surface area contributed by atoms with Gasteiger partial charge in [-0.05, 0) is 49.7 Å². The van der Waals surface area contributed by atoms with Crippen LogP contribution in [-0.4, -0.2) is 27.8 Å². The quantitative estimate of drug-likeness (QED) is 0.691. The van der Waals surface area contributed by atoms with Crippen molar-refractivity contribution in [1.82, 2.24) is 5.16 Å². The molecule has 3 aromatic rings. The molecular formula is C19H20N2O5S. The predicted molar refractivity (Wildman–Crippen MR) is 102 cm³/mol. The molecule has 1 heterocycles. The number of sulfonamides is 1. The van der Waals surface area contributed by atoms with Crippen LogP contribution in [0.25, 0.3) is 11.3 Å². The molecule has 0 radical (unpaired) electrons. The standard InChI is InChI=1S/C19H20N2O5S/c1-12-9-14(17-10-13(2)20-26-17)5-8-19(12)27(22,23)21-16-7-6-15(24-3)11-18(16)25-4/h5-11,21H,1-4H3. The van der Waals surface area contributed by atoms with Crippen molar-refractivity contribution in [3.8, 4) is 22.8 Å². The predicted octanol–water partition coefficient (Wildman–Crippen LogP) is 3.78. The normalized spacial score (nSPS) is 11.3. The molecule has 1 N–H and O–H groups in total. The van der Waals surface area contributed by atoms with Gasteiger partial charge in [0.15, 0.2) is 5.76 Å². The first-order valence-corrected chi connectivity index (χ1v) is 9.61. The molecule has 0 unspecified atom stereocenters. The van der Waals surface area contributed by atoms with Gasteiger partial charge in [0.05, 0.1) is 30.5 Å². The van der Waals surface area contributed by atoms with Gasteiger partial charge in [-0.2, -0.15) is 0 Å². The van der Waals surface area contributed by atoms with Crippen LogP contribution in [0.2, 0.25) is 0 Å². The van der Waals surface area contributed by atoms with Gasteiger partial charge in [-0.1, -0.05) is 5.16 Å². The molecule has 3 rings (SSSR count). The summed E-state index contributed by atoms with van der Waals surface area (Å²) in [7, 11) is -0.815. The summed E-state index contributed by atoms with van der Waals surface area (Å²) < 4.78 is 43.9. The minimum atomic E-state index is -3.81. The maximum Gasteiger partial charge on any atom is 0.262 e. The summed E-state index contributed by atoms with van der Waals surface area (Å²) in [6, 6.07) is 11.6. The van der Waals surface area contributed by atoms with Crippen molar-refractivity contribution < 1.29 is 22.4 Å². The highest BCUT2D eigenvalue weighted by Crippen LogP contribution is 2.32. The highest BCUT2D eigenvalue weighted by Gasteiger charge is 2.20. The molecule has 1 aromatic heterocycles. The summed E-state index contributed by atoms with van der Waals surface area (Å²) in [5.74, 6) is 1.52. The lowest BCUT2D eigenvalue weighted by atomic mass is 10.1. The Morgan fingerprint density at radius 2 is 1.78 bits per heavy atom. The summed E-state index contributed by atoms with van der Waals surface area (Å²) >= 11 is 0. The number of hydrogen-bond acceptors (Lipinski definition) is 6. The SMILES string of the molecule is COc1ccc(NS(=O)(=O)c2ccc(-c3cc(C)no3)cc2C)c(OC)c1. The third-order valence-electron chi connectivity index (χ3n) is 4.03. The fraction of sp³-hybridized carbons (Fsp3) is 0.211. The van der Waals surface area contributed by atoms with Gasteiger partial charge in [0.2, 0.25) is 0 Å². The second-order valence-corrected chi connectivity index (χ2v) is 7.64. The van der Waals surface area contributed by atoms with E-state index in [1.165, 1.54) is 14.2 Å². The molecule has 0 aliphatic heterocycles. The van der Waals surface area contributed by atoms with Crippen LogP contribution in [0.3, 0.4) is 0 Å². The molecule has 0 spiro atoms. The zero-order chi connectivity index (χ0) is 19.6. The van der Waals surface area contributed by atoms with E-state index in [4.69, 9.17) is 14.0 Å². The lowest BCUT2D eigenvalue weighted by Gasteiger charge is -2.14. The number of nitrogens with zero attached hydrogens (tertiary/aromatic N) is 1. The van der Waals surface area contributed by atoms with E-state index in [2.05, 4.69) is 9.88 Å². The maximum atomic E-state index is 12.9. The van der Waals surface area contributed by atoms with Gasteiger partial charge in [-0.15, -0.1) is 0 Å². The number of ether oxygens (including phenoxy) is 2. The van der Waals surface area contributed by atoms with Crippen molar-refractivity contribution in [2.45, 2.75) is 18.7 Å². The van der Waals surface area contributed by atoms with E-state index in [0.29, 0.717) is 28.5 Å². The second kappa shape index (κ2) is 7.32. The molecule has 7 nitrogen and oxygen atoms in total. The van der Waals surface area contributed by atoms with Gasteiger partial charge in [0, 0.05) is 17.7 Å². The van der Waals surface area contributed by atoms with Crippen molar-refractivity contribution in [3.63, 3.8) is 0 Å². The van der Waals surface area contributed by atoms with E-state index in [0.717, 1.165) is 11.3 Å². The first-order valence-electron chi connectivity index (χ1n) is 8.13. The first kappa shape index (κ1) is 18.8. The van der Waals surface area contributed by atoms with Crippen molar-refractivity contribution in [2.75, 3.05) is 18.9 Å². The molecule has 0 saturated carbocycles. The van der Waals surface area contributed by atoms with E-state index >= 15 is 0 Å². The largest absolute Gasteiger partial charge is 0.497 e. The van der Waals surface area contributed by atoms with Crippen molar-refractivity contribution >= 4 is 15.7 Å². The van der Waals surface area contributed by atoms with Crippen LogP contribution in [0, 0.1) is 13.8 Å². The molecule has 0 fully saturated rings. The Kier molecular flexibility index (Phi) is 5.09. The number of aromatic nitrogens is 1. The molecular weight excluding hydrogens is 368 g/mol. The monoisotopic (exact) mass is 388 g/mol. The molecule has 27 heavy (non-hydrogen) atoms. The molecule has 142 valence electrons. The topological polar surface area (TPSA) is 90.7 Å². The van der Waals surface area contributed by atoms with Gasteiger partial charge in [0.1, 0.15) is 11.5 Å². The lowest BCUT2D eigenvalue weighted by Crippen LogP contribution is -2.15. The number of anilines is 1. The van der Waals surface area contributed by atoms with Gasteiger partial charge >= 0.3 is 0 Å². The Morgan fingerprint density at radius 1 is 1.00 bits per heavy atom. The molecule has 0 saturated heterocycles. The van der Waals surface area contributed by atoms with Crippen LogP contribution in [0.1, 0.15) is 11.3 Å². The zero-order valence-corrected chi connectivity index (χ0v) is 16.3. The van der Waals surface area contributed by atoms with E-state index < -0.39 is 10.0 Å². The number of benzene rings is 2. The smallest absolute Gasteiger partial charge is 0.262 e. The van der Waals surface area contributed by atoms with E-state index in [9.17, 15) is 8.42 Å². The Labute approximate surface area is 158 Å². The summed E-state index contributed by atoms with van der Waals surface area (Å²) in [6.07, 6.45) is 0. The maximum absolute atomic E-state index is 12.9. The number of rotatable bonds is 6. The second-order valence-electron chi connectivity index (χ2n) is 5.98. The molecule has 8 heteroatoms. The Balaban J connectivity index is 1.93. The third kappa shape index (κ3) is 3.90. The van der Waals surface area contributed by atoms with Crippen molar-refractivity contribution in [3.05, 3.63) is 53.7 Å². The zero-order valence-electron chi connectivity index (χ0n) is 15.4. The Morgan fingerprint density at radius 3 is 2.37 bits per heavy atom. The summed E-state index contributed by atoms with van der Waals surface area (Å²) in [5, 5.41) is 3.85. The van der Waals surface area contributed by atoms with Crippen LogP contribution in [0.5, 0.6) is 11.5 Å². The highest BCUT2D eigenvalue weighted by atomic mass is 32.2. The number of nitrogens with one attached hydrogen (secondary N) is 1. The van der Waals surface area contributed by atoms with E-state index in [-0.39, 0.29) is 4.90 Å². The summed E-state index contributed by atoms with van der Waals surface area (Å²) in [4.78, 5) is 0.167. The number of methoxy groups -OCH3 is 2. The molecule has 0 bridgehead atoms. The van der Waals surface area contributed by atoms with Crippen LogP contribution >= 0.6 is 0 Å². The van der Waals surface area contributed by atoms with Gasteiger partial charge < -0.3 is 14.0 Å². The van der Waals surface area contributed by atoms with E-state index in [1.807, 2.05) is 6.92 Å². The Hall–Kier alpha value is -3.00. The van der Waals surface area contributed by atoms with Gasteiger partial charge in [-0.3, -0.25) is 4.72 Å². The minimum absolute atomic E-state index is 0.167. The number of hydrogen-bond donors (Lipinski definition) is 1. The van der Waals surface area contributed by atoms with Gasteiger partial charge in [0.25, 0.3) is 10.0 Å². The van der Waals surface area contributed by atoms with Crippen LogP contribution in [0.4, 0.5) is 5.69 Å². The third-order valence-corrected chi connectivity index (χ3v) is 5.56. The van der Waals surface area contributed by atoms with Crippen molar-refractivity contribution in [2.24, 2.45) is 0 Å². The fourth-order valence-electron chi connectivity index (χ4n) is 2.69. The summed E-state index contributed by atoms with van der Waals surface area (Å²) in [5.41, 5.74) is 2.43. The molecule has 2 aromatic carbocycles. The highest BCUT2D eigenvalue weighted by molar-refractivity contribution is 7.92. The minimum Gasteiger partial charge on any atom is -0.497 e. The number of aryl methyl sites for hydroxylation is 2. The van der Waals surface area contributed by atoms with Crippen LogP contribution < -0.4 is 14.2 Å². The van der Waals surface area contributed by atoms with Gasteiger partial charge in [-0.25, -0.2) is 8.42 Å². The fourth-order valence-corrected chi connectivity index (χ4v) is 3.98. The molecule has 0 aliphatic carbocycles. The Bertz CT molecular complexity index is 1070. The van der Waals surface area contributed by atoms with E-state index in [1.54, 1.807) is 49.4 Å². The molecule has 0 atom stereocenters. The van der Waals surface area contributed by atoms with Crippen molar-refractivity contribution in [1.29, 1.82) is 0 Å². The molecule has 0 amide bonds. The molecule has 0 aliphatic rings. The first-order chi connectivity index (χ1) is 12.8. The van der Waals surface area contributed by atoms with Crippen LogP contribution in [0.15, 0.2) is 51.9 Å². The summed E-state index contributed by atoms with van der Waals surface area (Å²) in [6.45, 7) is 3.55. The lowest BCUT2D eigenvalue weighted by molar-refractivity contribution is 0.395. The average Bonchev–Trinajstić information content (AvgIpc) is 3.08. The van der Waals surface area contributed by atoms with Crippen LogP contribution in [-0.2, 0) is 10.0 Å².